The Balaban J connectivity index is 1.56. The first-order valence-corrected chi connectivity index (χ1v) is 10.9. The molecule has 3 rings (SSSR count). The van der Waals surface area contributed by atoms with E-state index in [4.69, 9.17) is 0 Å². The second kappa shape index (κ2) is 7.41. The normalized spacial score (nSPS) is 20.9. The van der Waals surface area contributed by atoms with Crippen molar-refractivity contribution >= 4 is 15.9 Å². The predicted molar refractivity (Wildman–Crippen MR) is 93.6 cm³/mol. The molecule has 2 aliphatic rings. The number of hydrogen-bond acceptors (Lipinski definition) is 5. The van der Waals surface area contributed by atoms with Crippen molar-refractivity contribution < 1.29 is 13.2 Å². The zero-order chi connectivity index (χ0) is 18.0. The van der Waals surface area contributed by atoms with Gasteiger partial charge in [-0.2, -0.15) is 0 Å². The maximum absolute atomic E-state index is 12.5. The van der Waals surface area contributed by atoms with Gasteiger partial charge in [0.2, 0.25) is 10.0 Å². The third-order valence-corrected chi connectivity index (χ3v) is 6.66. The van der Waals surface area contributed by atoms with Gasteiger partial charge in [0.25, 0.3) is 5.91 Å². The molecule has 0 unspecified atom stereocenters. The Bertz CT molecular complexity index is 716. The van der Waals surface area contributed by atoms with Crippen molar-refractivity contribution in [3.8, 4) is 0 Å². The van der Waals surface area contributed by atoms with Crippen LogP contribution < -0.4 is 5.32 Å². The number of nitrogens with one attached hydrogen (secondary N) is 1. The van der Waals surface area contributed by atoms with E-state index >= 15 is 0 Å². The van der Waals surface area contributed by atoms with Crippen LogP contribution in [0.3, 0.4) is 0 Å². The number of rotatable bonds is 5. The molecule has 25 heavy (non-hydrogen) atoms. The minimum Gasteiger partial charge on any atom is -0.348 e. The van der Waals surface area contributed by atoms with Crippen molar-refractivity contribution in [3.63, 3.8) is 0 Å². The fourth-order valence-electron chi connectivity index (χ4n) is 3.77. The number of aromatic nitrogens is 3. The standard InChI is InChI=1S/C16H27N5O3S/c1-12-15(18-19-21(12)11-13-5-3-4-6-13)16(22)17-14-7-9-20(10-8-14)25(2,23)24/h13-14H,3-11H2,1-2H3,(H,17,22). The summed E-state index contributed by atoms with van der Waals surface area (Å²) in [7, 11) is -3.15. The van der Waals surface area contributed by atoms with Crippen molar-refractivity contribution in [2.75, 3.05) is 19.3 Å². The molecule has 1 aromatic rings. The quantitative estimate of drug-likeness (QED) is 0.833. The van der Waals surface area contributed by atoms with Crippen LogP contribution in [0, 0.1) is 12.8 Å². The van der Waals surface area contributed by atoms with E-state index in [9.17, 15) is 13.2 Å². The smallest absolute Gasteiger partial charge is 0.273 e. The molecule has 140 valence electrons. The number of carbonyl (C=O) groups is 1. The molecule has 1 saturated carbocycles. The lowest BCUT2D eigenvalue weighted by Gasteiger charge is -2.30. The third kappa shape index (κ3) is 4.38. The maximum atomic E-state index is 12.5. The summed E-state index contributed by atoms with van der Waals surface area (Å²) in [6, 6.07) is -0.0233. The van der Waals surface area contributed by atoms with E-state index in [1.54, 1.807) is 0 Å². The second-order valence-corrected chi connectivity index (χ2v) is 9.25. The highest BCUT2D eigenvalue weighted by atomic mass is 32.2. The molecular formula is C16H27N5O3S. The van der Waals surface area contributed by atoms with E-state index in [1.165, 1.54) is 36.2 Å². The Hall–Kier alpha value is -1.48. The summed E-state index contributed by atoms with van der Waals surface area (Å²) in [6.07, 6.45) is 7.45. The average Bonchev–Trinajstić information content (AvgIpc) is 3.18. The lowest BCUT2D eigenvalue weighted by atomic mass is 10.1. The van der Waals surface area contributed by atoms with Crippen LogP contribution in [-0.4, -0.2) is 59.0 Å². The summed E-state index contributed by atoms with van der Waals surface area (Å²) < 4.78 is 26.4. The van der Waals surface area contributed by atoms with E-state index in [1.807, 2.05) is 11.6 Å². The van der Waals surface area contributed by atoms with Gasteiger partial charge < -0.3 is 5.32 Å². The van der Waals surface area contributed by atoms with Crippen LogP contribution in [0.25, 0.3) is 0 Å². The van der Waals surface area contributed by atoms with Crippen molar-refractivity contribution in [2.24, 2.45) is 5.92 Å². The summed E-state index contributed by atoms with van der Waals surface area (Å²) >= 11 is 0. The highest BCUT2D eigenvalue weighted by molar-refractivity contribution is 7.88. The van der Waals surface area contributed by atoms with E-state index in [0.717, 1.165) is 12.2 Å². The van der Waals surface area contributed by atoms with Gasteiger partial charge in [0.15, 0.2) is 5.69 Å². The lowest BCUT2D eigenvalue weighted by molar-refractivity contribution is 0.0918. The molecule has 1 aliphatic carbocycles. The minimum atomic E-state index is -3.15. The molecule has 1 aromatic heterocycles. The summed E-state index contributed by atoms with van der Waals surface area (Å²) in [5, 5.41) is 11.2. The molecule has 0 atom stereocenters. The van der Waals surface area contributed by atoms with Crippen LogP contribution >= 0.6 is 0 Å². The topological polar surface area (TPSA) is 97.2 Å². The van der Waals surface area contributed by atoms with E-state index in [2.05, 4.69) is 15.6 Å². The van der Waals surface area contributed by atoms with Gasteiger partial charge in [-0.3, -0.25) is 4.79 Å². The van der Waals surface area contributed by atoms with Gasteiger partial charge in [-0.1, -0.05) is 18.1 Å². The molecule has 1 saturated heterocycles. The van der Waals surface area contributed by atoms with Gasteiger partial charge in [-0.25, -0.2) is 17.4 Å². The molecule has 2 fully saturated rings. The molecule has 1 aliphatic heterocycles. The van der Waals surface area contributed by atoms with Crippen LogP contribution in [0.15, 0.2) is 0 Å². The van der Waals surface area contributed by atoms with Crippen LogP contribution in [-0.2, 0) is 16.6 Å². The Kier molecular flexibility index (Phi) is 5.43. The molecular weight excluding hydrogens is 342 g/mol. The van der Waals surface area contributed by atoms with Crippen molar-refractivity contribution in [1.29, 1.82) is 0 Å². The van der Waals surface area contributed by atoms with Crippen LogP contribution in [0.2, 0.25) is 0 Å². The predicted octanol–water partition coefficient (Wildman–Crippen LogP) is 0.931. The maximum Gasteiger partial charge on any atom is 0.273 e. The van der Waals surface area contributed by atoms with Gasteiger partial charge in [0.1, 0.15) is 0 Å². The molecule has 0 aromatic carbocycles. The molecule has 1 N–H and O–H groups in total. The fraction of sp³-hybridized carbons (Fsp3) is 0.812. The van der Waals surface area contributed by atoms with Crippen molar-refractivity contribution in [3.05, 3.63) is 11.4 Å². The SMILES string of the molecule is Cc1c(C(=O)NC2CCN(S(C)(=O)=O)CC2)nnn1CC1CCCC1. The van der Waals surface area contributed by atoms with Crippen LogP contribution in [0.4, 0.5) is 0 Å². The van der Waals surface area contributed by atoms with Crippen molar-refractivity contribution in [2.45, 2.75) is 58.0 Å². The second-order valence-electron chi connectivity index (χ2n) is 7.27. The average molecular weight is 369 g/mol. The number of amides is 1. The lowest BCUT2D eigenvalue weighted by Crippen LogP contribution is -2.46. The van der Waals surface area contributed by atoms with Crippen LogP contribution in [0.1, 0.15) is 54.7 Å². The van der Waals surface area contributed by atoms with E-state index in [-0.39, 0.29) is 11.9 Å². The highest BCUT2D eigenvalue weighted by Crippen LogP contribution is 2.26. The summed E-state index contributed by atoms with van der Waals surface area (Å²) in [5.74, 6) is 0.421. The molecule has 0 radical (unpaired) electrons. The number of hydrogen-bond donors (Lipinski definition) is 1. The third-order valence-electron chi connectivity index (χ3n) is 5.36. The van der Waals surface area contributed by atoms with Gasteiger partial charge >= 0.3 is 0 Å². The Labute approximate surface area is 149 Å². The Morgan fingerprint density at radius 3 is 2.44 bits per heavy atom. The van der Waals surface area contributed by atoms with Gasteiger partial charge in [0.05, 0.1) is 11.9 Å². The number of piperidine rings is 1. The van der Waals surface area contributed by atoms with E-state index in [0.29, 0.717) is 37.5 Å². The van der Waals surface area contributed by atoms with Crippen LogP contribution in [0.5, 0.6) is 0 Å². The first-order valence-electron chi connectivity index (χ1n) is 9.00. The molecule has 0 spiro atoms. The fourth-order valence-corrected chi connectivity index (χ4v) is 4.64. The Morgan fingerprint density at radius 1 is 1.20 bits per heavy atom. The summed E-state index contributed by atoms with van der Waals surface area (Å²) in [6.45, 7) is 3.60. The summed E-state index contributed by atoms with van der Waals surface area (Å²) in [5.41, 5.74) is 1.18. The zero-order valence-electron chi connectivity index (χ0n) is 14.9. The first kappa shape index (κ1) is 18.3. The zero-order valence-corrected chi connectivity index (χ0v) is 15.8. The molecule has 2 heterocycles. The molecule has 0 bridgehead atoms. The molecule has 1 amide bonds. The minimum absolute atomic E-state index is 0.0233. The van der Waals surface area contributed by atoms with Gasteiger partial charge in [0, 0.05) is 25.7 Å². The largest absolute Gasteiger partial charge is 0.348 e. The molecule has 8 nitrogen and oxygen atoms in total. The number of nitrogens with zero attached hydrogens (tertiary/aromatic N) is 4. The summed E-state index contributed by atoms with van der Waals surface area (Å²) in [4.78, 5) is 12.5. The van der Waals surface area contributed by atoms with Gasteiger partial charge in [-0.05, 0) is 38.5 Å². The number of sulfonamides is 1. The first-order chi connectivity index (χ1) is 11.8. The van der Waals surface area contributed by atoms with E-state index < -0.39 is 10.0 Å². The Morgan fingerprint density at radius 2 is 1.84 bits per heavy atom. The van der Waals surface area contributed by atoms with Gasteiger partial charge in [-0.15, -0.1) is 5.10 Å². The van der Waals surface area contributed by atoms with Crippen molar-refractivity contribution in [1.82, 2.24) is 24.6 Å². The highest BCUT2D eigenvalue weighted by Gasteiger charge is 2.27. The number of carbonyl (C=O) groups excluding carboxylic acids is 1. The monoisotopic (exact) mass is 369 g/mol. The molecule has 9 heteroatoms.